The van der Waals surface area contributed by atoms with Crippen molar-refractivity contribution in [3.05, 3.63) is 83.8 Å². The summed E-state index contributed by atoms with van der Waals surface area (Å²) in [5.41, 5.74) is 1.13. The summed E-state index contributed by atoms with van der Waals surface area (Å²) >= 11 is 0. The fraction of sp³-hybridized carbons (Fsp3) is 0.182. The predicted molar refractivity (Wildman–Crippen MR) is 108 cm³/mol. The van der Waals surface area contributed by atoms with E-state index in [4.69, 9.17) is 13.9 Å². The van der Waals surface area contributed by atoms with Crippen molar-refractivity contribution in [2.24, 2.45) is 0 Å². The number of rotatable bonds is 9. The van der Waals surface area contributed by atoms with Crippen LogP contribution in [0.3, 0.4) is 0 Å². The Balaban J connectivity index is 1.72. The summed E-state index contributed by atoms with van der Waals surface area (Å²) in [4.78, 5) is 25.4. The van der Waals surface area contributed by atoms with Crippen molar-refractivity contribution in [2.45, 2.75) is 6.54 Å². The number of ether oxygens (including phenoxy) is 2. The second-order valence-electron chi connectivity index (χ2n) is 6.10. The van der Waals surface area contributed by atoms with Crippen molar-refractivity contribution >= 4 is 17.5 Å². The molecule has 0 radical (unpaired) electrons. The maximum absolute atomic E-state index is 12.8. The number of benzene rings is 2. The number of carbonyl (C=O) groups is 2. The Labute approximate surface area is 168 Å². The maximum Gasteiger partial charge on any atom is 0.259 e. The summed E-state index contributed by atoms with van der Waals surface area (Å²) in [6, 6.07) is 17.2. The van der Waals surface area contributed by atoms with Gasteiger partial charge < -0.3 is 24.5 Å². The van der Waals surface area contributed by atoms with Gasteiger partial charge in [-0.05, 0) is 36.4 Å². The van der Waals surface area contributed by atoms with Gasteiger partial charge in [-0.2, -0.15) is 0 Å². The third kappa shape index (κ3) is 5.46. The number of amides is 2. The van der Waals surface area contributed by atoms with Crippen LogP contribution in [0.5, 0.6) is 5.75 Å². The molecule has 0 bridgehead atoms. The molecule has 0 atom stereocenters. The first kappa shape index (κ1) is 20.2. The number of para-hydroxylation sites is 2. The summed E-state index contributed by atoms with van der Waals surface area (Å²) < 4.78 is 15.8. The second kappa shape index (κ2) is 10.1. The van der Waals surface area contributed by atoms with Crippen LogP contribution in [-0.2, 0) is 11.3 Å². The summed E-state index contributed by atoms with van der Waals surface area (Å²) in [7, 11) is 1.58. The number of hydrogen-bond acceptors (Lipinski definition) is 5. The first-order valence-electron chi connectivity index (χ1n) is 9.10. The van der Waals surface area contributed by atoms with Crippen LogP contribution < -0.4 is 15.4 Å². The molecule has 150 valence electrons. The molecular weight excluding hydrogens is 372 g/mol. The molecule has 1 heterocycles. The van der Waals surface area contributed by atoms with E-state index in [1.807, 2.05) is 0 Å². The van der Waals surface area contributed by atoms with E-state index in [0.717, 1.165) is 0 Å². The summed E-state index contributed by atoms with van der Waals surface area (Å²) in [5.74, 6) is 0.398. The molecule has 0 aliphatic heterocycles. The largest absolute Gasteiger partial charge is 0.490 e. The zero-order chi connectivity index (χ0) is 20.5. The van der Waals surface area contributed by atoms with E-state index in [1.54, 1.807) is 74.0 Å². The average Bonchev–Trinajstić information content (AvgIpc) is 3.26. The molecule has 0 unspecified atom stereocenters. The normalized spacial score (nSPS) is 10.4. The monoisotopic (exact) mass is 394 g/mol. The molecule has 3 aromatic rings. The predicted octanol–water partition coefficient (Wildman–Crippen LogP) is 3.49. The topological polar surface area (TPSA) is 89.8 Å². The number of anilines is 1. The molecule has 0 saturated carbocycles. The Morgan fingerprint density at radius 3 is 2.41 bits per heavy atom. The lowest BCUT2D eigenvalue weighted by atomic mass is 10.1. The minimum absolute atomic E-state index is 0.254. The maximum atomic E-state index is 12.8. The zero-order valence-corrected chi connectivity index (χ0v) is 16.0. The van der Waals surface area contributed by atoms with Crippen LogP contribution in [0.15, 0.2) is 71.3 Å². The lowest BCUT2D eigenvalue weighted by molar-refractivity contribution is 0.0949. The molecule has 2 amide bonds. The van der Waals surface area contributed by atoms with Crippen molar-refractivity contribution in [2.75, 3.05) is 25.6 Å². The molecule has 0 saturated heterocycles. The highest BCUT2D eigenvalue weighted by molar-refractivity contribution is 6.10. The van der Waals surface area contributed by atoms with Gasteiger partial charge in [0.1, 0.15) is 18.1 Å². The fourth-order valence-electron chi connectivity index (χ4n) is 2.67. The number of nitrogens with one attached hydrogen (secondary N) is 2. The van der Waals surface area contributed by atoms with Crippen LogP contribution in [0.4, 0.5) is 5.69 Å². The summed E-state index contributed by atoms with van der Waals surface area (Å²) in [6.07, 6.45) is 1.54. The number of methoxy groups -OCH3 is 1. The van der Waals surface area contributed by atoms with E-state index in [0.29, 0.717) is 41.5 Å². The number of furan rings is 1. The van der Waals surface area contributed by atoms with Crippen LogP contribution in [0.2, 0.25) is 0 Å². The van der Waals surface area contributed by atoms with Crippen molar-refractivity contribution in [3.8, 4) is 5.75 Å². The molecular formula is C22H22N2O5. The second-order valence-corrected chi connectivity index (χ2v) is 6.10. The van der Waals surface area contributed by atoms with Crippen molar-refractivity contribution in [3.63, 3.8) is 0 Å². The van der Waals surface area contributed by atoms with Gasteiger partial charge in [-0.1, -0.05) is 24.3 Å². The Morgan fingerprint density at radius 2 is 1.66 bits per heavy atom. The molecule has 7 heteroatoms. The number of carbonyl (C=O) groups excluding carboxylic acids is 2. The Hall–Kier alpha value is -3.58. The Kier molecular flexibility index (Phi) is 7.02. The van der Waals surface area contributed by atoms with Crippen LogP contribution in [0.1, 0.15) is 26.5 Å². The highest BCUT2D eigenvalue weighted by Gasteiger charge is 2.17. The molecule has 2 aromatic carbocycles. The standard InChI is InChI=1S/C22H22N2O5/c1-27-13-14-29-20-11-5-3-9-18(20)22(26)24-19-10-4-2-8-17(19)21(25)23-15-16-7-6-12-28-16/h2-12H,13-15H2,1H3,(H,23,25)(H,24,26). The van der Waals surface area contributed by atoms with Gasteiger partial charge in [-0.15, -0.1) is 0 Å². The molecule has 0 fully saturated rings. The van der Waals surface area contributed by atoms with Gasteiger partial charge in [0.25, 0.3) is 11.8 Å². The minimum Gasteiger partial charge on any atom is -0.490 e. The van der Waals surface area contributed by atoms with Gasteiger partial charge in [0, 0.05) is 7.11 Å². The summed E-state index contributed by atoms with van der Waals surface area (Å²) in [5, 5.41) is 5.58. The smallest absolute Gasteiger partial charge is 0.259 e. The molecule has 0 aliphatic rings. The first-order chi connectivity index (χ1) is 14.2. The Morgan fingerprint density at radius 1 is 0.897 bits per heavy atom. The Bertz CT molecular complexity index is 953. The van der Waals surface area contributed by atoms with Gasteiger partial charge in [-0.3, -0.25) is 9.59 Å². The molecule has 0 spiro atoms. The van der Waals surface area contributed by atoms with E-state index in [1.165, 1.54) is 0 Å². The highest BCUT2D eigenvalue weighted by atomic mass is 16.5. The van der Waals surface area contributed by atoms with Gasteiger partial charge >= 0.3 is 0 Å². The van der Waals surface area contributed by atoms with Crippen LogP contribution >= 0.6 is 0 Å². The van der Waals surface area contributed by atoms with Crippen molar-refractivity contribution in [1.82, 2.24) is 5.32 Å². The lowest BCUT2D eigenvalue weighted by Crippen LogP contribution is -2.24. The lowest BCUT2D eigenvalue weighted by Gasteiger charge is -2.13. The minimum atomic E-state index is -0.371. The van der Waals surface area contributed by atoms with Crippen molar-refractivity contribution in [1.29, 1.82) is 0 Å². The molecule has 1 aromatic heterocycles. The van der Waals surface area contributed by atoms with Crippen LogP contribution in [0.25, 0.3) is 0 Å². The van der Waals surface area contributed by atoms with Crippen LogP contribution in [-0.4, -0.2) is 32.1 Å². The zero-order valence-electron chi connectivity index (χ0n) is 16.0. The van der Waals surface area contributed by atoms with Gasteiger partial charge in [-0.25, -0.2) is 0 Å². The summed E-state index contributed by atoms with van der Waals surface area (Å²) in [6.45, 7) is 0.992. The van der Waals surface area contributed by atoms with Crippen LogP contribution in [0, 0.1) is 0 Å². The van der Waals surface area contributed by atoms with E-state index in [9.17, 15) is 9.59 Å². The van der Waals surface area contributed by atoms with E-state index < -0.39 is 0 Å². The third-order valence-electron chi connectivity index (χ3n) is 4.10. The quantitative estimate of drug-likeness (QED) is 0.542. The molecule has 29 heavy (non-hydrogen) atoms. The highest BCUT2D eigenvalue weighted by Crippen LogP contribution is 2.21. The third-order valence-corrected chi connectivity index (χ3v) is 4.10. The van der Waals surface area contributed by atoms with E-state index >= 15 is 0 Å². The van der Waals surface area contributed by atoms with Gasteiger partial charge in [0.15, 0.2) is 0 Å². The number of hydrogen-bond donors (Lipinski definition) is 2. The average molecular weight is 394 g/mol. The molecule has 2 N–H and O–H groups in total. The van der Waals surface area contributed by atoms with Gasteiger partial charge in [0.2, 0.25) is 0 Å². The molecule has 7 nitrogen and oxygen atoms in total. The molecule has 0 aliphatic carbocycles. The van der Waals surface area contributed by atoms with Crippen molar-refractivity contribution < 1.29 is 23.5 Å². The molecule has 3 rings (SSSR count). The fourth-order valence-corrected chi connectivity index (χ4v) is 2.67. The van der Waals surface area contributed by atoms with E-state index in [2.05, 4.69) is 10.6 Å². The SMILES string of the molecule is COCCOc1ccccc1C(=O)Nc1ccccc1C(=O)NCc1ccco1. The van der Waals surface area contributed by atoms with E-state index in [-0.39, 0.29) is 18.4 Å². The van der Waals surface area contributed by atoms with Gasteiger partial charge in [0.05, 0.1) is 36.2 Å². The first-order valence-corrected chi connectivity index (χ1v) is 9.10.